The fraction of sp³-hybridized carbons (Fsp3) is 1.00. The second-order valence-corrected chi connectivity index (χ2v) is 7.45. The predicted molar refractivity (Wildman–Crippen MR) is 108 cm³/mol. The zero-order valence-corrected chi connectivity index (χ0v) is 17.7. The van der Waals surface area contributed by atoms with E-state index in [2.05, 4.69) is 25.3 Å². The molecule has 0 fully saturated rings. The van der Waals surface area contributed by atoms with Crippen LogP contribution in [0.5, 0.6) is 0 Å². The van der Waals surface area contributed by atoms with E-state index in [1.54, 1.807) is 0 Å². The first-order valence-electron chi connectivity index (χ1n) is 10.5. The number of rotatable bonds is 17. The van der Waals surface area contributed by atoms with Crippen LogP contribution in [0.2, 0.25) is 0 Å². The van der Waals surface area contributed by atoms with Gasteiger partial charge in [0, 0.05) is 0 Å². The van der Waals surface area contributed by atoms with E-state index in [0.717, 1.165) is 19.3 Å². The van der Waals surface area contributed by atoms with Crippen molar-refractivity contribution in [1.29, 1.82) is 0 Å². The van der Waals surface area contributed by atoms with Gasteiger partial charge in [-0.1, -0.05) is 117 Å². The first-order chi connectivity index (χ1) is 11.7. The molecule has 0 aromatic heterocycles. The topological polar surface area (TPSA) is 49.7 Å². The Kier molecular flexibility index (Phi) is 28.3. The minimum Gasteiger partial charge on any atom is -0.328 e. The second-order valence-electron chi connectivity index (χ2n) is 6.68. The van der Waals surface area contributed by atoms with Gasteiger partial charge in [-0.05, 0) is 6.42 Å². The van der Waals surface area contributed by atoms with Crippen LogP contribution in [0.15, 0.2) is 0 Å². The monoisotopic (exact) mass is 364 g/mol. The molecule has 0 aliphatic heterocycles. The Morgan fingerprint density at radius 1 is 0.500 bits per heavy atom. The van der Waals surface area contributed by atoms with Crippen molar-refractivity contribution in [1.82, 2.24) is 0 Å². The van der Waals surface area contributed by atoms with Gasteiger partial charge < -0.3 is 14.3 Å². The highest BCUT2D eigenvalue weighted by Crippen LogP contribution is 2.24. The van der Waals surface area contributed by atoms with Crippen LogP contribution in [0.3, 0.4) is 0 Å². The molecule has 0 unspecified atom stereocenters. The lowest BCUT2D eigenvalue weighted by Crippen LogP contribution is -1.87. The molecule has 148 valence electrons. The Bertz CT molecular complexity index is 189. The van der Waals surface area contributed by atoms with Crippen LogP contribution in [0.25, 0.3) is 0 Å². The van der Waals surface area contributed by atoms with Gasteiger partial charge in [0.05, 0.1) is 6.61 Å². The highest BCUT2D eigenvalue weighted by atomic mass is 31.2. The fourth-order valence-corrected chi connectivity index (χ4v) is 2.88. The maximum Gasteiger partial charge on any atom is 0.327 e. The third-order valence-electron chi connectivity index (χ3n) is 4.16. The van der Waals surface area contributed by atoms with Crippen molar-refractivity contribution < 1.29 is 14.3 Å². The third kappa shape index (κ3) is 30.2. The summed E-state index contributed by atoms with van der Waals surface area (Å²) >= 11 is 0. The Morgan fingerprint density at radius 2 is 0.792 bits per heavy atom. The summed E-state index contributed by atoms with van der Waals surface area (Å²) in [5.74, 6) is 0. The Hall–Kier alpha value is 0.310. The summed E-state index contributed by atoms with van der Waals surface area (Å²) < 4.78 is 4.52. The molecule has 3 nitrogen and oxygen atoms in total. The van der Waals surface area contributed by atoms with Gasteiger partial charge in [-0.25, -0.2) is 0 Å². The molecular weight excluding hydrogens is 319 g/mol. The van der Waals surface area contributed by atoms with E-state index in [1.165, 1.54) is 83.5 Å². The van der Waals surface area contributed by atoms with E-state index in [-0.39, 0.29) is 0 Å². The highest BCUT2D eigenvalue weighted by Gasteiger charge is 1.96. The molecule has 0 saturated carbocycles. The molecule has 0 amide bonds. The summed E-state index contributed by atoms with van der Waals surface area (Å²) in [5.41, 5.74) is 0. The SMILES string of the molecule is CCCCCCCCCCCCCCC.CCCCCOP(O)O. The van der Waals surface area contributed by atoms with Crippen molar-refractivity contribution in [2.75, 3.05) is 6.61 Å². The molecular formula is C20H45O3P. The first kappa shape index (κ1) is 26.5. The van der Waals surface area contributed by atoms with Crippen LogP contribution in [0.1, 0.15) is 124 Å². The van der Waals surface area contributed by atoms with Crippen molar-refractivity contribution in [3.05, 3.63) is 0 Å². The molecule has 0 atom stereocenters. The third-order valence-corrected chi connectivity index (χ3v) is 4.58. The van der Waals surface area contributed by atoms with E-state index < -0.39 is 8.60 Å². The molecule has 24 heavy (non-hydrogen) atoms. The first-order valence-corrected chi connectivity index (χ1v) is 11.7. The lowest BCUT2D eigenvalue weighted by Gasteiger charge is -2.01. The normalized spacial score (nSPS) is 10.8. The van der Waals surface area contributed by atoms with E-state index >= 15 is 0 Å². The van der Waals surface area contributed by atoms with Crippen molar-refractivity contribution in [3.8, 4) is 0 Å². The molecule has 0 rings (SSSR count). The smallest absolute Gasteiger partial charge is 0.327 e. The van der Waals surface area contributed by atoms with Crippen LogP contribution in [0, 0.1) is 0 Å². The lowest BCUT2D eigenvalue weighted by atomic mass is 10.1. The maximum absolute atomic E-state index is 8.25. The molecule has 0 bridgehead atoms. The summed E-state index contributed by atoms with van der Waals surface area (Å²) in [7, 11) is -2.12. The average Bonchev–Trinajstić information content (AvgIpc) is 2.57. The van der Waals surface area contributed by atoms with Crippen LogP contribution >= 0.6 is 8.60 Å². The lowest BCUT2D eigenvalue weighted by molar-refractivity contribution is 0.249. The second kappa shape index (κ2) is 25.5. The summed E-state index contributed by atoms with van der Waals surface area (Å²) in [5, 5.41) is 0. The van der Waals surface area contributed by atoms with Crippen molar-refractivity contribution in [2.45, 2.75) is 124 Å². The van der Waals surface area contributed by atoms with E-state index in [9.17, 15) is 0 Å². The standard InChI is InChI=1S/C15H32.C5H13O3P/c1-3-5-7-9-11-13-15-14-12-10-8-6-4-2;1-2-3-4-5-8-9(6)7/h3-15H2,1-2H3;6-7H,2-5H2,1H3. The highest BCUT2D eigenvalue weighted by molar-refractivity contribution is 7.39. The summed E-state index contributed by atoms with van der Waals surface area (Å²) in [6.45, 7) is 7.12. The molecule has 0 spiro atoms. The Balaban J connectivity index is 0. The van der Waals surface area contributed by atoms with Gasteiger partial charge in [-0.3, -0.25) is 0 Å². The van der Waals surface area contributed by atoms with Gasteiger partial charge in [0.1, 0.15) is 0 Å². The zero-order valence-electron chi connectivity index (χ0n) is 16.8. The number of hydrogen-bond acceptors (Lipinski definition) is 3. The van der Waals surface area contributed by atoms with Gasteiger partial charge in [0.25, 0.3) is 0 Å². The number of hydrogen-bond donors (Lipinski definition) is 2. The zero-order chi connectivity index (χ0) is 18.3. The van der Waals surface area contributed by atoms with Crippen LogP contribution < -0.4 is 0 Å². The van der Waals surface area contributed by atoms with Crippen LogP contribution in [-0.4, -0.2) is 16.4 Å². The van der Waals surface area contributed by atoms with Gasteiger partial charge in [0.15, 0.2) is 0 Å². The quantitative estimate of drug-likeness (QED) is 0.207. The molecule has 0 radical (unpaired) electrons. The largest absolute Gasteiger partial charge is 0.328 e. The maximum atomic E-state index is 8.25. The Morgan fingerprint density at radius 3 is 1.08 bits per heavy atom. The van der Waals surface area contributed by atoms with Crippen molar-refractivity contribution in [3.63, 3.8) is 0 Å². The molecule has 0 aromatic carbocycles. The van der Waals surface area contributed by atoms with E-state index in [4.69, 9.17) is 9.79 Å². The number of unbranched alkanes of at least 4 members (excludes halogenated alkanes) is 14. The van der Waals surface area contributed by atoms with Gasteiger partial charge >= 0.3 is 8.60 Å². The molecule has 0 heterocycles. The molecule has 0 aromatic rings. The van der Waals surface area contributed by atoms with Crippen LogP contribution in [-0.2, 0) is 4.52 Å². The minimum atomic E-state index is -2.12. The van der Waals surface area contributed by atoms with E-state index in [0.29, 0.717) is 6.61 Å². The minimum absolute atomic E-state index is 0.465. The van der Waals surface area contributed by atoms with Gasteiger partial charge in [-0.2, -0.15) is 0 Å². The molecule has 0 aliphatic carbocycles. The summed E-state index contributed by atoms with van der Waals surface area (Å²) in [4.78, 5) is 16.5. The molecule has 4 heteroatoms. The van der Waals surface area contributed by atoms with Crippen LogP contribution in [0.4, 0.5) is 0 Å². The van der Waals surface area contributed by atoms with Crippen molar-refractivity contribution >= 4 is 8.60 Å². The van der Waals surface area contributed by atoms with Crippen molar-refractivity contribution in [2.24, 2.45) is 0 Å². The molecule has 0 aliphatic rings. The van der Waals surface area contributed by atoms with Gasteiger partial charge in [-0.15, -0.1) is 0 Å². The Labute approximate surface area is 153 Å². The molecule has 2 N–H and O–H groups in total. The average molecular weight is 365 g/mol. The summed E-state index contributed by atoms with van der Waals surface area (Å²) in [6.07, 6.45) is 22.0. The van der Waals surface area contributed by atoms with E-state index in [1.807, 2.05) is 0 Å². The molecule has 0 saturated heterocycles. The summed E-state index contributed by atoms with van der Waals surface area (Å²) in [6, 6.07) is 0. The van der Waals surface area contributed by atoms with Gasteiger partial charge in [0.2, 0.25) is 0 Å². The predicted octanol–water partition coefficient (Wildman–Crippen LogP) is 7.50. The fourth-order valence-electron chi connectivity index (χ4n) is 2.59.